The van der Waals surface area contributed by atoms with Crippen LogP contribution in [0.25, 0.3) is 0 Å². The summed E-state index contributed by atoms with van der Waals surface area (Å²) in [5.41, 5.74) is 0.922. The molecule has 1 unspecified atom stereocenters. The average Bonchev–Trinajstić information content (AvgIpc) is 2.78. The van der Waals surface area contributed by atoms with Crippen LogP contribution in [0.3, 0.4) is 0 Å². The van der Waals surface area contributed by atoms with Crippen molar-refractivity contribution in [3.63, 3.8) is 0 Å². The third kappa shape index (κ3) is 5.16. The molecular formula is C11H22N4O2S. The third-order valence-corrected chi connectivity index (χ3v) is 4.43. The molecule has 1 aromatic heterocycles. The second-order valence-electron chi connectivity index (χ2n) is 4.64. The van der Waals surface area contributed by atoms with E-state index in [2.05, 4.69) is 20.0 Å². The van der Waals surface area contributed by atoms with Gasteiger partial charge in [0.1, 0.15) is 0 Å². The van der Waals surface area contributed by atoms with Crippen molar-refractivity contribution < 1.29 is 8.42 Å². The monoisotopic (exact) mass is 274 g/mol. The topological polar surface area (TPSA) is 86.9 Å². The fourth-order valence-electron chi connectivity index (χ4n) is 1.40. The van der Waals surface area contributed by atoms with E-state index in [1.54, 1.807) is 19.4 Å². The zero-order valence-electron chi connectivity index (χ0n) is 11.1. The number of imidazole rings is 1. The molecule has 1 aromatic rings. The van der Waals surface area contributed by atoms with Crippen LogP contribution in [0.5, 0.6) is 0 Å². The third-order valence-electron chi connectivity index (χ3n) is 2.60. The molecule has 0 saturated heterocycles. The van der Waals surface area contributed by atoms with Crippen LogP contribution in [-0.4, -0.2) is 42.8 Å². The molecule has 18 heavy (non-hydrogen) atoms. The first kappa shape index (κ1) is 15.1. The zero-order valence-corrected chi connectivity index (χ0v) is 11.9. The number of H-pyrrole nitrogens is 1. The molecule has 3 N–H and O–H groups in total. The first-order valence-electron chi connectivity index (χ1n) is 6.11. The summed E-state index contributed by atoms with van der Waals surface area (Å²) >= 11 is 0. The number of nitrogens with zero attached hydrogens (tertiary/aromatic N) is 1. The fourth-order valence-corrected chi connectivity index (χ4v) is 2.39. The SMILES string of the molecule is CC(C)NCC(C)S(=O)(=O)NCCc1cnc[nH]1. The van der Waals surface area contributed by atoms with Gasteiger partial charge in [-0.1, -0.05) is 13.8 Å². The molecule has 0 aliphatic heterocycles. The lowest BCUT2D eigenvalue weighted by atomic mass is 10.3. The van der Waals surface area contributed by atoms with Gasteiger partial charge >= 0.3 is 0 Å². The van der Waals surface area contributed by atoms with Crippen molar-refractivity contribution in [2.75, 3.05) is 13.1 Å². The van der Waals surface area contributed by atoms with Gasteiger partial charge in [0.05, 0.1) is 11.6 Å². The van der Waals surface area contributed by atoms with Gasteiger partial charge in [0.2, 0.25) is 10.0 Å². The highest BCUT2D eigenvalue weighted by molar-refractivity contribution is 7.90. The minimum atomic E-state index is -3.26. The normalized spacial score (nSPS) is 14.0. The van der Waals surface area contributed by atoms with Gasteiger partial charge < -0.3 is 10.3 Å². The summed E-state index contributed by atoms with van der Waals surface area (Å²) in [5.74, 6) is 0. The fraction of sp³-hybridized carbons (Fsp3) is 0.727. The van der Waals surface area contributed by atoms with Crippen molar-refractivity contribution >= 4 is 10.0 Å². The van der Waals surface area contributed by atoms with E-state index >= 15 is 0 Å². The first-order valence-corrected chi connectivity index (χ1v) is 7.65. The number of aromatic amines is 1. The smallest absolute Gasteiger partial charge is 0.215 e. The number of rotatable bonds is 8. The highest BCUT2D eigenvalue weighted by Crippen LogP contribution is 1.98. The van der Waals surface area contributed by atoms with Crippen LogP contribution >= 0.6 is 0 Å². The predicted octanol–water partition coefficient (Wildman–Crippen LogP) is 0.258. The van der Waals surface area contributed by atoms with Crippen molar-refractivity contribution in [3.8, 4) is 0 Å². The molecule has 104 valence electrons. The standard InChI is InChI=1S/C11H22N4O2S/c1-9(2)13-6-10(3)18(16,17)15-5-4-11-7-12-8-14-11/h7-10,13,15H,4-6H2,1-3H3,(H,12,14). The summed E-state index contributed by atoms with van der Waals surface area (Å²) in [6.45, 7) is 6.53. The van der Waals surface area contributed by atoms with Crippen LogP contribution in [0.1, 0.15) is 26.5 Å². The molecular weight excluding hydrogens is 252 g/mol. The van der Waals surface area contributed by atoms with Gasteiger partial charge in [-0.15, -0.1) is 0 Å². The van der Waals surface area contributed by atoms with Gasteiger partial charge in [-0.2, -0.15) is 0 Å². The van der Waals surface area contributed by atoms with Gasteiger partial charge in [0.25, 0.3) is 0 Å². The maximum atomic E-state index is 11.9. The van der Waals surface area contributed by atoms with Gasteiger partial charge in [-0.05, 0) is 6.92 Å². The Balaban J connectivity index is 2.34. The zero-order chi connectivity index (χ0) is 13.6. The molecule has 0 aliphatic carbocycles. The molecule has 0 amide bonds. The minimum Gasteiger partial charge on any atom is -0.348 e. The number of nitrogens with one attached hydrogen (secondary N) is 3. The minimum absolute atomic E-state index is 0.285. The second kappa shape index (κ2) is 6.86. The average molecular weight is 274 g/mol. The Morgan fingerprint density at radius 1 is 1.39 bits per heavy atom. The summed E-state index contributed by atoms with van der Waals surface area (Å²) in [4.78, 5) is 6.81. The first-order chi connectivity index (χ1) is 8.42. The van der Waals surface area contributed by atoms with Gasteiger partial charge in [0, 0.05) is 37.4 Å². The quantitative estimate of drug-likeness (QED) is 0.634. The summed E-state index contributed by atoms with van der Waals surface area (Å²) in [6, 6.07) is 0.285. The van der Waals surface area contributed by atoms with Crippen molar-refractivity contribution in [1.29, 1.82) is 0 Å². The lowest BCUT2D eigenvalue weighted by Gasteiger charge is -2.16. The highest BCUT2D eigenvalue weighted by atomic mass is 32.2. The number of sulfonamides is 1. The van der Waals surface area contributed by atoms with E-state index in [4.69, 9.17) is 0 Å². The Hall–Kier alpha value is -0.920. The highest BCUT2D eigenvalue weighted by Gasteiger charge is 2.19. The summed E-state index contributed by atoms with van der Waals surface area (Å²) in [6.07, 6.45) is 3.89. The van der Waals surface area contributed by atoms with Gasteiger partial charge in [-0.3, -0.25) is 0 Å². The van der Waals surface area contributed by atoms with Crippen LogP contribution in [0.4, 0.5) is 0 Å². The molecule has 0 radical (unpaired) electrons. The van der Waals surface area contributed by atoms with E-state index < -0.39 is 15.3 Å². The lowest BCUT2D eigenvalue weighted by molar-refractivity contribution is 0.540. The molecule has 0 saturated carbocycles. The number of hydrogen-bond donors (Lipinski definition) is 3. The van der Waals surface area contributed by atoms with Crippen molar-refractivity contribution in [2.45, 2.75) is 38.5 Å². The van der Waals surface area contributed by atoms with Crippen LogP contribution in [0.2, 0.25) is 0 Å². The van der Waals surface area contributed by atoms with Crippen LogP contribution in [0, 0.1) is 0 Å². The van der Waals surface area contributed by atoms with E-state index in [9.17, 15) is 8.42 Å². The summed E-state index contributed by atoms with van der Waals surface area (Å²) < 4.78 is 26.4. The second-order valence-corrected chi connectivity index (χ2v) is 6.82. The molecule has 0 aromatic carbocycles. The molecule has 0 fully saturated rings. The molecule has 0 spiro atoms. The van der Waals surface area contributed by atoms with E-state index in [0.717, 1.165) is 5.69 Å². The van der Waals surface area contributed by atoms with Gasteiger partial charge in [-0.25, -0.2) is 18.1 Å². The Kier molecular flexibility index (Phi) is 5.77. The van der Waals surface area contributed by atoms with Crippen molar-refractivity contribution in [2.24, 2.45) is 0 Å². The van der Waals surface area contributed by atoms with E-state index in [0.29, 0.717) is 19.5 Å². The van der Waals surface area contributed by atoms with Crippen molar-refractivity contribution in [1.82, 2.24) is 20.0 Å². The molecule has 0 aliphatic rings. The summed E-state index contributed by atoms with van der Waals surface area (Å²) in [5, 5.41) is 2.68. The number of hydrogen-bond acceptors (Lipinski definition) is 4. The molecule has 1 atom stereocenters. The predicted molar refractivity (Wildman–Crippen MR) is 71.8 cm³/mol. The van der Waals surface area contributed by atoms with Crippen molar-refractivity contribution in [3.05, 3.63) is 18.2 Å². The number of aromatic nitrogens is 2. The molecule has 1 rings (SSSR count). The van der Waals surface area contributed by atoms with Crippen LogP contribution in [0.15, 0.2) is 12.5 Å². The van der Waals surface area contributed by atoms with Crippen LogP contribution in [-0.2, 0) is 16.4 Å². The Morgan fingerprint density at radius 3 is 2.67 bits per heavy atom. The van der Waals surface area contributed by atoms with Crippen LogP contribution < -0.4 is 10.0 Å². The molecule has 1 heterocycles. The Labute approximate surface area is 109 Å². The van der Waals surface area contributed by atoms with E-state index in [1.807, 2.05) is 13.8 Å². The molecule has 0 bridgehead atoms. The van der Waals surface area contributed by atoms with E-state index in [1.165, 1.54) is 0 Å². The Bertz CT molecular complexity index is 428. The molecule has 6 nitrogen and oxygen atoms in total. The van der Waals surface area contributed by atoms with Gasteiger partial charge in [0.15, 0.2) is 0 Å². The summed E-state index contributed by atoms with van der Waals surface area (Å²) in [7, 11) is -3.26. The Morgan fingerprint density at radius 2 is 2.11 bits per heavy atom. The molecule has 7 heteroatoms. The maximum Gasteiger partial charge on any atom is 0.215 e. The maximum absolute atomic E-state index is 11.9. The largest absolute Gasteiger partial charge is 0.348 e. The van der Waals surface area contributed by atoms with E-state index in [-0.39, 0.29) is 6.04 Å². The lowest BCUT2D eigenvalue weighted by Crippen LogP contribution is -2.41.